The van der Waals surface area contributed by atoms with E-state index in [1.54, 1.807) is 0 Å². The number of pyridine rings is 1. The number of aromatic nitrogens is 1. The Bertz CT molecular complexity index is 603. The van der Waals surface area contributed by atoms with E-state index in [9.17, 15) is 4.79 Å². The quantitative estimate of drug-likeness (QED) is 0.891. The molecule has 3 rings (SSSR count). The zero-order chi connectivity index (χ0) is 13.2. The van der Waals surface area contributed by atoms with Gasteiger partial charge in [-0.15, -0.1) is 0 Å². The van der Waals surface area contributed by atoms with Gasteiger partial charge in [0.05, 0.1) is 6.54 Å². The number of fused-ring (bicyclic) bond motifs is 1. The summed E-state index contributed by atoms with van der Waals surface area (Å²) < 4.78 is 0. The van der Waals surface area contributed by atoms with E-state index in [2.05, 4.69) is 11.1 Å². The largest absolute Gasteiger partial charge is 0.480 e. The lowest BCUT2D eigenvalue weighted by atomic mass is 10.1. The topological polar surface area (TPSA) is 53.4 Å². The van der Waals surface area contributed by atoms with Gasteiger partial charge in [-0.25, -0.2) is 0 Å². The van der Waals surface area contributed by atoms with Crippen LogP contribution in [-0.2, 0) is 11.3 Å². The van der Waals surface area contributed by atoms with Crippen LogP contribution in [0.25, 0.3) is 10.8 Å². The van der Waals surface area contributed by atoms with Crippen LogP contribution in [0.3, 0.4) is 0 Å². The van der Waals surface area contributed by atoms with Crippen LogP contribution in [0.5, 0.6) is 0 Å². The Morgan fingerprint density at radius 1 is 1.32 bits per heavy atom. The van der Waals surface area contributed by atoms with E-state index in [1.165, 1.54) is 0 Å². The Morgan fingerprint density at radius 2 is 2.11 bits per heavy atom. The highest BCUT2D eigenvalue weighted by atomic mass is 16.4. The first-order valence-corrected chi connectivity index (χ1v) is 6.51. The summed E-state index contributed by atoms with van der Waals surface area (Å²) in [6.45, 7) is 0.763. The molecule has 19 heavy (non-hydrogen) atoms. The van der Waals surface area contributed by atoms with Gasteiger partial charge < -0.3 is 5.11 Å². The molecule has 2 aromatic rings. The second-order valence-corrected chi connectivity index (χ2v) is 5.05. The highest BCUT2D eigenvalue weighted by Gasteiger charge is 2.30. The van der Waals surface area contributed by atoms with Crippen molar-refractivity contribution in [3.8, 4) is 0 Å². The van der Waals surface area contributed by atoms with Crippen LogP contribution in [0, 0.1) is 0 Å². The summed E-state index contributed by atoms with van der Waals surface area (Å²) in [4.78, 5) is 17.2. The van der Waals surface area contributed by atoms with Gasteiger partial charge in [0, 0.05) is 30.4 Å². The molecule has 1 N–H and O–H groups in total. The van der Waals surface area contributed by atoms with E-state index in [4.69, 9.17) is 5.11 Å². The SMILES string of the molecule is O=C(O)CN(Cc1cncc2ccccc12)C1CC1. The van der Waals surface area contributed by atoms with E-state index in [0.717, 1.165) is 29.2 Å². The van der Waals surface area contributed by atoms with Crippen LogP contribution in [0.2, 0.25) is 0 Å². The van der Waals surface area contributed by atoms with E-state index < -0.39 is 5.97 Å². The van der Waals surface area contributed by atoms with Gasteiger partial charge in [-0.05, 0) is 23.8 Å². The fourth-order valence-corrected chi connectivity index (χ4v) is 2.45. The molecule has 0 aliphatic heterocycles. The number of carbonyl (C=O) groups is 1. The van der Waals surface area contributed by atoms with Gasteiger partial charge in [0.2, 0.25) is 0 Å². The third-order valence-electron chi connectivity index (χ3n) is 3.53. The molecule has 0 saturated heterocycles. The molecule has 0 amide bonds. The molecule has 0 unspecified atom stereocenters. The van der Waals surface area contributed by atoms with Gasteiger partial charge in [0.1, 0.15) is 0 Å². The molecule has 1 aromatic carbocycles. The van der Waals surface area contributed by atoms with Gasteiger partial charge in [-0.1, -0.05) is 24.3 Å². The highest BCUT2D eigenvalue weighted by molar-refractivity contribution is 5.84. The fraction of sp³-hybridized carbons (Fsp3) is 0.333. The lowest BCUT2D eigenvalue weighted by Crippen LogP contribution is -2.31. The van der Waals surface area contributed by atoms with Crippen LogP contribution in [-0.4, -0.2) is 33.5 Å². The maximum Gasteiger partial charge on any atom is 0.317 e. The first-order valence-electron chi connectivity index (χ1n) is 6.51. The van der Waals surface area contributed by atoms with E-state index >= 15 is 0 Å². The first kappa shape index (κ1) is 12.1. The van der Waals surface area contributed by atoms with Crippen molar-refractivity contribution in [2.24, 2.45) is 0 Å². The van der Waals surface area contributed by atoms with Crippen molar-refractivity contribution in [2.45, 2.75) is 25.4 Å². The van der Waals surface area contributed by atoms with E-state index in [-0.39, 0.29) is 6.54 Å². The maximum atomic E-state index is 10.9. The van der Waals surface area contributed by atoms with Crippen LogP contribution < -0.4 is 0 Å². The third-order valence-corrected chi connectivity index (χ3v) is 3.53. The minimum atomic E-state index is -0.764. The van der Waals surface area contributed by atoms with Gasteiger partial charge in [-0.2, -0.15) is 0 Å². The summed E-state index contributed by atoms with van der Waals surface area (Å²) in [6.07, 6.45) is 5.90. The van der Waals surface area contributed by atoms with Crippen molar-refractivity contribution in [1.82, 2.24) is 9.88 Å². The molecule has 0 atom stereocenters. The Morgan fingerprint density at radius 3 is 2.84 bits per heavy atom. The number of rotatable bonds is 5. The molecule has 0 radical (unpaired) electrons. The summed E-state index contributed by atoms with van der Waals surface area (Å²) in [5, 5.41) is 11.3. The Hall–Kier alpha value is -1.94. The van der Waals surface area contributed by atoms with Crippen molar-refractivity contribution >= 4 is 16.7 Å². The van der Waals surface area contributed by atoms with E-state index in [1.807, 2.05) is 35.5 Å². The van der Waals surface area contributed by atoms with Gasteiger partial charge in [0.25, 0.3) is 0 Å². The third kappa shape index (κ3) is 2.74. The van der Waals surface area contributed by atoms with Gasteiger partial charge in [-0.3, -0.25) is 14.7 Å². The predicted molar refractivity (Wildman–Crippen MR) is 72.8 cm³/mol. The van der Waals surface area contributed by atoms with Crippen molar-refractivity contribution in [3.63, 3.8) is 0 Å². The van der Waals surface area contributed by atoms with Crippen molar-refractivity contribution in [2.75, 3.05) is 6.54 Å². The minimum absolute atomic E-state index is 0.105. The summed E-state index contributed by atoms with van der Waals surface area (Å²) in [5.74, 6) is -0.764. The lowest BCUT2D eigenvalue weighted by molar-refractivity contribution is -0.138. The second kappa shape index (κ2) is 4.97. The van der Waals surface area contributed by atoms with Gasteiger partial charge in [0.15, 0.2) is 0 Å². The fourth-order valence-electron chi connectivity index (χ4n) is 2.45. The number of benzene rings is 1. The Balaban J connectivity index is 1.89. The molecule has 1 heterocycles. The van der Waals surface area contributed by atoms with Crippen LogP contribution in [0.1, 0.15) is 18.4 Å². The number of carboxylic acid groups (broad SMARTS) is 1. The summed E-state index contributed by atoms with van der Waals surface area (Å²) in [6, 6.07) is 8.52. The molecule has 98 valence electrons. The number of nitrogens with zero attached hydrogens (tertiary/aromatic N) is 2. The summed E-state index contributed by atoms with van der Waals surface area (Å²) >= 11 is 0. The second-order valence-electron chi connectivity index (χ2n) is 5.05. The summed E-state index contributed by atoms with van der Waals surface area (Å²) in [7, 11) is 0. The molecule has 1 aliphatic rings. The average molecular weight is 256 g/mol. The number of carboxylic acids is 1. The number of hydrogen-bond donors (Lipinski definition) is 1. The van der Waals surface area contributed by atoms with Crippen LogP contribution >= 0.6 is 0 Å². The minimum Gasteiger partial charge on any atom is -0.480 e. The lowest BCUT2D eigenvalue weighted by Gasteiger charge is -2.20. The van der Waals surface area contributed by atoms with Crippen molar-refractivity contribution < 1.29 is 9.90 Å². The van der Waals surface area contributed by atoms with Crippen LogP contribution in [0.4, 0.5) is 0 Å². The highest BCUT2D eigenvalue weighted by Crippen LogP contribution is 2.29. The average Bonchev–Trinajstić information content (AvgIpc) is 3.22. The Labute approximate surface area is 111 Å². The van der Waals surface area contributed by atoms with Crippen LogP contribution in [0.15, 0.2) is 36.7 Å². The molecule has 1 aliphatic carbocycles. The normalized spacial score (nSPS) is 15.0. The summed E-state index contributed by atoms with van der Waals surface area (Å²) in [5.41, 5.74) is 1.10. The predicted octanol–water partition coefficient (Wildman–Crippen LogP) is 2.28. The van der Waals surface area contributed by atoms with Crippen molar-refractivity contribution in [1.29, 1.82) is 0 Å². The number of hydrogen-bond acceptors (Lipinski definition) is 3. The van der Waals surface area contributed by atoms with Gasteiger partial charge >= 0.3 is 5.97 Å². The molecule has 1 fully saturated rings. The monoisotopic (exact) mass is 256 g/mol. The molecular formula is C15H16N2O2. The zero-order valence-corrected chi connectivity index (χ0v) is 10.6. The first-order chi connectivity index (χ1) is 9.24. The molecule has 1 aromatic heterocycles. The van der Waals surface area contributed by atoms with E-state index in [0.29, 0.717) is 12.6 Å². The Kier molecular flexibility index (Phi) is 3.17. The molecule has 4 heteroatoms. The molecule has 0 spiro atoms. The smallest absolute Gasteiger partial charge is 0.317 e. The van der Waals surface area contributed by atoms with Crippen molar-refractivity contribution in [3.05, 3.63) is 42.2 Å². The maximum absolute atomic E-state index is 10.9. The molecule has 0 bridgehead atoms. The molecule has 4 nitrogen and oxygen atoms in total. The molecular weight excluding hydrogens is 240 g/mol. The molecule has 1 saturated carbocycles. The zero-order valence-electron chi connectivity index (χ0n) is 10.6. The number of aliphatic carboxylic acids is 1. The standard InChI is InChI=1S/C15H16N2O2/c18-15(19)10-17(13-5-6-13)9-12-8-16-7-11-3-1-2-4-14(11)12/h1-4,7-8,13H,5-6,9-10H2,(H,18,19).